The van der Waals surface area contributed by atoms with Crippen molar-refractivity contribution in [1.29, 1.82) is 0 Å². The second-order valence-electron chi connectivity index (χ2n) is 6.60. The molecule has 0 spiro atoms. The third-order valence-electron chi connectivity index (χ3n) is 4.62. The number of nitrogens with zero attached hydrogens (tertiary/aromatic N) is 3. The van der Waals surface area contributed by atoms with E-state index in [0.717, 1.165) is 31.2 Å². The molecular formula is C18H23N3O2. The van der Waals surface area contributed by atoms with Crippen molar-refractivity contribution in [3.63, 3.8) is 0 Å². The van der Waals surface area contributed by atoms with E-state index in [1.807, 2.05) is 38.4 Å². The van der Waals surface area contributed by atoms with E-state index in [4.69, 9.17) is 4.52 Å². The molecule has 122 valence electrons. The Labute approximate surface area is 136 Å². The summed E-state index contributed by atoms with van der Waals surface area (Å²) in [6.07, 6.45) is 3.65. The average Bonchev–Trinajstić information content (AvgIpc) is 3.05. The molecule has 3 rings (SSSR count). The number of rotatable bonds is 3. The second kappa shape index (κ2) is 6.52. The molecule has 1 aliphatic rings. The van der Waals surface area contributed by atoms with Gasteiger partial charge in [-0.2, -0.15) is 4.98 Å². The summed E-state index contributed by atoms with van der Waals surface area (Å²) >= 11 is 0. The van der Waals surface area contributed by atoms with Crippen molar-refractivity contribution >= 4 is 5.91 Å². The van der Waals surface area contributed by atoms with E-state index in [1.165, 1.54) is 5.56 Å². The Hall–Kier alpha value is -2.17. The first kappa shape index (κ1) is 15.7. The Balaban J connectivity index is 1.66. The summed E-state index contributed by atoms with van der Waals surface area (Å²) < 4.78 is 5.48. The monoisotopic (exact) mass is 313 g/mol. The summed E-state index contributed by atoms with van der Waals surface area (Å²) in [5.41, 5.74) is 2.18. The SMILES string of the molecule is Cc1ccc(-c2noc(C3CCC(C(=O)N(C)C)CC3)n2)cc1. The largest absolute Gasteiger partial charge is 0.349 e. The van der Waals surface area contributed by atoms with Gasteiger partial charge < -0.3 is 9.42 Å². The molecule has 1 amide bonds. The van der Waals surface area contributed by atoms with Crippen LogP contribution in [0, 0.1) is 12.8 Å². The molecule has 1 saturated carbocycles. The topological polar surface area (TPSA) is 59.2 Å². The highest BCUT2D eigenvalue weighted by Gasteiger charge is 2.30. The summed E-state index contributed by atoms with van der Waals surface area (Å²) in [5, 5.41) is 4.11. The smallest absolute Gasteiger partial charge is 0.230 e. The summed E-state index contributed by atoms with van der Waals surface area (Å²) in [4.78, 5) is 18.3. The zero-order chi connectivity index (χ0) is 16.4. The van der Waals surface area contributed by atoms with Crippen LogP contribution < -0.4 is 0 Å². The van der Waals surface area contributed by atoms with Gasteiger partial charge in [-0.3, -0.25) is 4.79 Å². The summed E-state index contributed by atoms with van der Waals surface area (Å²) in [7, 11) is 3.64. The van der Waals surface area contributed by atoms with Gasteiger partial charge in [0.1, 0.15) is 0 Å². The summed E-state index contributed by atoms with van der Waals surface area (Å²) in [6.45, 7) is 2.05. The van der Waals surface area contributed by atoms with E-state index in [2.05, 4.69) is 17.1 Å². The number of hydrogen-bond acceptors (Lipinski definition) is 4. The zero-order valence-corrected chi connectivity index (χ0v) is 14.0. The lowest BCUT2D eigenvalue weighted by Gasteiger charge is -2.27. The number of aryl methyl sites for hydroxylation is 1. The van der Waals surface area contributed by atoms with E-state index in [-0.39, 0.29) is 17.7 Å². The van der Waals surface area contributed by atoms with Gasteiger partial charge in [0.15, 0.2) is 0 Å². The van der Waals surface area contributed by atoms with Gasteiger partial charge >= 0.3 is 0 Å². The molecule has 0 radical (unpaired) electrons. The first-order valence-corrected chi connectivity index (χ1v) is 8.16. The first-order chi connectivity index (χ1) is 11.0. The molecule has 5 nitrogen and oxygen atoms in total. The van der Waals surface area contributed by atoms with Crippen molar-refractivity contribution in [3.8, 4) is 11.4 Å². The van der Waals surface area contributed by atoms with Gasteiger partial charge in [-0.25, -0.2) is 0 Å². The maximum Gasteiger partial charge on any atom is 0.230 e. The van der Waals surface area contributed by atoms with Crippen LogP contribution >= 0.6 is 0 Å². The van der Waals surface area contributed by atoms with Crippen LogP contribution in [-0.4, -0.2) is 35.0 Å². The van der Waals surface area contributed by atoms with Crippen molar-refractivity contribution in [1.82, 2.24) is 15.0 Å². The highest BCUT2D eigenvalue weighted by atomic mass is 16.5. The van der Waals surface area contributed by atoms with Crippen molar-refractivity contribution in [2.75, 3.05) is 14.1 Å². The maximum absolute atomic E-state index is 12.0. The molecule has 0 N–H and O–H groups in total. The van der Waals surface area contributed by atoms with Crippen molar-refractivity contribution in [2.24, 2.45) is 5.92 Å². The van der Waals surface area contributed by atoms with Crippen molar-refractivity contribution in [3.05, 3.63) is 35.7 Å². The number of benzene rings is 1. The van der Waals surface area contributed by atoms with Crippen LogP contribution in [0.4, 0.5) is 0 Å². The van der Waals surface area contributed by atoms with Crippen LogP contribution in [-0.2, 0) is 4.79 Å². The van der Waals surface area contributed by atoms with E-state index in [9.17, 15) is 4.79 Å². The Bertz CT molecular complexity index is 668. The molecule has 1 aromatic carbocycles. The van der Waals surface area contributed by atoms with Crippen LogP contribution in [0.2, 0.25) is 0 Å². The van der Waals surface area contributed by atoms with Crippen LogP contribution in [0.5, 0.6) is 0 Å². The molecular weight excluding hydrogens is 290 g/mol. The number of hydrogen-bond donors (Lipinski definition) is 0. The predicted molar refractivity (Wildman–Crippen MR) is 87.9 cm³/mol. The first-order valence-electron chi connectivity index (χ1n) is 8.16. The molecule has 0 aliphatic heterocycles. The number of carbonyl (C=O) groups excluding carboxylic acids is 1. The van der Waals surface area contributed by atoms with Crippen LogP contribution in [0.15, 0.2) is 28.8 Å². The minimum Gasteiger partial charge on any atom is -0.349 e. The average molecular weight is 313 g/mol. The lowest BCUT2D eigenvalue weighted by atomic mass is 9.81. The van der Waals surface area contributed by atoms with Gasteiger partial charge in [-0.05, 0) is 32.6 Å². The minimum atomic E-state index is 0.140. The van der Waals surface area contributed by atoms with E-state index >= 15 is 0 Å². The normalized spacial score (nSPS) is 21.2. The Morgan fingerprint density at radius 1 is 1.13 bits per heavy atom. The fourth-order valence-electron chi connectivity index (χ4n) is 3.17. The minimum absolute atomic E-state index is 0.140. The number of aromatic nitrogens is 2. The quantitative estimate of drug-likeness (QED) is 0.871. The fraction of sp³-hybridized carbons (Fsp3) is 0.500. The molecule has 0 atom stereocenters. The lowest BCUT2D eigenvalue weighted by Crippen LogP contribution is -2.32. The molecule has 0 unspecified atom stereocenters. The van der Waals surface area contributed by atoms with Gasteiger partial charge in [-0.1, -0.05) is 35.0 Å². The summed E-state index contributed by atoms with van der Waals surface area (Å²) in [6, 6.07) is 8.11. The maximum atomic E-state index is 12.0. The fourth-order valence-corrected chi connectivity index (χ4v) is 3.17. The molecule has 0 saturated heterocycles. The van der Waals surface area contributed by atoms with Gasteiger partial charge in [0.05, 0.1) is 0 Å². The standard InChI is InChI=1S/C18H23N3O2/c1-12-4-6-13(7-5-12)16-19-17(23-20-16)14-8-10-15(11-9-14)18(22)21(2)3/h4-7,14-15H,8-11H2,1-3H3. The zero-order valence-electron chi connectivity index (χ0n) is 14.0. The lowest BCUT2D eigenvalue weighted by molar-refractivity contribution is -0.134. The van der Waals surface area contributed by atoms with Gasteiger partial charge in [0, 0.05) is 31.5 Å². The molecule has 0 bridgehead atoms. The van der Waals surface area contributed by atoms with Crippen LogP contribution in [0.1, 0.15) is 43.1 Å². The molecule has 1 aliphatic carbocycles. The highest BCUT2D eigenvalue weighted by molar-refractivity contribution is 5.78. The van der Waals surface area contributed by atoms with E-state index in [1.54, 1.807) is 4.90 Å². The van der Waals surface area contributed by atoms with E-state index < -0.39 is 0 Å². The second-order valence-corrected chi connectivity index (χ2v) is 6.60. The Morgan fingerprint density at radius 2 is 1.78 bits per heavy atom. The highest BCUT2D eigenvalue weighted by Crippen LogP contribution is 2.36. The molecule has 1 aromatic heterocycles. The molecule has 23 heavy (non-hydrogen) atoms. The molecule has 1 heterocycles. The van der Waals surface area contributed by atoms with Gasteiger partial charge in [-0.15, -0.1) is 0 Å². The molecule has 5 heteroatoms. The van der Waals surface area contributed by atoms with Crippen molar-refractivity contribution in [2.45, 2.75) is 38.5 Å². The Morgan fingerprint density at radius 3 is 2.39 bits per heavy atom. The predicted octanol–water partition coefficient (Wildman–Crippen LogP) is 3.41. The van der Waals surface area contributed by atoms with Gasteiger partial charge in [0.25, 0.3) is 0 Å². The van der Waals surface area contributed by atoms with Crippen LogP contribution in [0.3, 0.4) is 0 Å². The van der Waals surface area contributed by atoms with Crippen molar-refractivity contribution < 1.29 is 9.32 Å². The number of carbonyl (C=O) groups is 1. The van der Waals surface area contributed by atoms with E-state index in [0.29, 0.717) is 11.7 Å². The van der Waals surface area contributed by atoms with Gasteiger partial charge in [0.2, 0.25) is 17.6 Å². The third kappa shape index (κ3) is 3.44. The summed E-state index contributed by atoms with van der Waals surface area (Å²) in [5.74, 6) is 1.99. The Kier molecular flexibility index (Phi) is 4.46. The van der Waals surface area contributed by atoms with Crippen LogP contribution in [0.25, 0.3) is 11.4 Å². The third-order valence-corrected chi connectivity index (χ3v) is 4.62. The molecule has 2 aromatic rings. The number of amides is 1. The molecule has 1 fully saturated rings.